The van der Waals surface area contributed by atoms with Gasteiger partial charge in [0.2, 0.25) is 0 Å². The van der Waals surface area contributed by atoms with Gasteiger partial charge in [-0.25, -0.2) is 4.39 Å². The molecule has 2 fully saturated rings. The lowest BCUT2D eigenvalue weighted by atomic mass is 9.91. The number of fused-ring (bicyclic) bond motifs is 3. The van der Waals surface area contributed by atoms with Crippen LogP contribution in [0.25, 0.3) is 0 Å². The number of hydrogen-bond donors (Lipinski definition) is 1. The van der Waals surface area contributed by atoms with Gasteiger partial charge in [0.05, 0.1) is 47.4 Å². The predicted octanol–water partition coefficient (Wildman–Crippen LogP) is 6.03. The molecule has 1 amide bonds. The molecule has 11 nitrogen and oxygen atoms in total. The van der Waals surface area contributed by atoms with Crippen molar-refractivity contribution in [1.29, 1.82) is 0 Å². The lowest BCUT2D eigenvalue weighted by molar-refractivity contribution is -0.140. The quantitative estimate of drug-likeness (QED) is 0.183. The molecule has 6 heterocycles. The number of terminal acetylenes is 1. The molecule has 4 aliphatic rings. The van der Waals surface area contributed by atoms with Crippen molar-refractivity contribution < 1.29 is 40.6 Å². The van der Waals surface area contributed by atoms with E-state index >= 15 is 4.39 Å². The summed E-state index contributed by atoms with van der Waals surface area (Å²) in [4.78, 5) is 28.5. The van der Waals surface area contributed by atoms with Crippen LogP contribution >= 0.6 is 0 Å². The Hall–Kier alpha value is -4.82. The van der Waals surface area contributed by atoms with Gasteiger partial charge in [0.1, 0.15) is 12.4 Å². The molecule has 0 spiro atoms. The number of hydrogen-bond acceptors (Lipinski definition) is 9. The van der Waals surface area contributed by atoms with Gasteiger partial charge < -0.3 is 25.0 Å². The Balaban J connectivity index is 0.00000119. The van der Waals surface area contributed by atoms with Gasteiger partial charge in [-0.1, -0.05) is 5.92 Å². The van der Waals surface area contributed by atoms with Gasteiger partial charge in [0, 0.05) is 55.9 Å². The predicted molar refractivity (Wildman–Crippen MR) is 187 cm³/mol. The number of carbonyl (C=O) groups excluding carboxylic acids is 1. The Kier molecular flexibility index (Phi) is 10.9. The second kappa shape index (κ2) is 15.1. The summed E-state index contributed by atoms with van der Waals surface area (Å²) in [6.07, 6.45) is 1.88. The summed E-state index contributed by atoms with van der Waals surface area (Å²) in [5.74, 6) is 1.10. The maximum atomic E-state index is 15.6. The number of ether oxygens (including phenoxy) is 2. The summed E-state index contributed by atoms with van der Waals surface area (Å²) < 4.78 is 93.4. The molecule has 17 heteroatoms. The van der Waals surface area contributed by atoms with Crippen LogP contribution in [-0.4, -0.2) is 81.3 Å². The van der Waals surface area contributed by atoms with Gasteiger partial charge in [0.15, 0.2) is 11.5 Å². The van der Waals surface area contributed by atoms with Crippen LogP contribution in [0.15, 0.2) is 18.7 Å². The molecule has 0 radical (unpaired) electrons. The molecule has 0 bridgehead atoms. The molecule has 3 aromatic rings. The number of halogens is 6. The van der Waals surface area contributed by atoms with E-state index in [9.17, 15) is 26.7 Å². The van der Waals surface area contributed by atoms with Gasteiger partial charge in [-0.15, -0.1) is 6.42 Å². The van der Waals surface area contributed by atoms with Gasteiger partial charge in [0.25, 0.3) is 12.0 Å². The molecule has 2 saturated heterocycles. The standard InChI is InChI=1S/C35H40F4N8O3.C2H2F2/c1-5-21-15-23(40)29(36)27(28(21)35(37,38)39)26-16-24-22(18-49-26)31(42-33(41-24)50-19-34-9-6-12-46(34)13-7-10-34)45-11-8-14-47-25(17-45)20(2)30(43-47)32(48)44(3)4;1-2(3)4/h1,15,26H,6-14,16-19,40H2,2-4H3;1H2. The Morgan fingerprint density at radius 2 is 1.85 bits per heavy atom. The molecule has 0 saturated carbocycles. The Morgan fingerprint density at radius 1 is 1.17 bits per heavy atom. The molecular formula is C37H42F6N8O3. The molecule has 1 unspecified atom stereocenters. The van der Waals surface area contributed by atoms with Gasteiger partial charge in [-0.05, 0) is 64.8 Å². The van der Waals surface area contributed by atoms with Gasteiger partial charge >= 0.3 is 12.2 Å². The summed E-state index contributed by atoms with van der Waals surface area (Å²) >= 11 is 0. The van der Waals surface area contributed by atoms with E-state index < -0.39 is 46.6 Å². The third-order valence-corrected chi connectivity index (χ3v) is 10.6. The summed E-state index contributed by atoms with van der Waals surface area (Å²) in [5, 5.41) is 4.63. The Morgan fingerprint density at radius 3 is 2.48 bits per heavy atom. The summed E-state index contributed by atoms with van der Waals surface area (Å²) in [6.45, 7) is 7.79. The van der Waals surface area contributed by atoms with Gasteiger partial charge in [-0.2, -0.15) is 37.0 Å². The number of amides is 1. The fraction of sp³-hybridized carbons (Fsp3) is 0.514. The van der Waals surface area contributed by atoms with Crippen molar-refractivity contribution in [3.63, 3.8) is 0 Å². The number of rotatable bonds is 6. The minimum atomic E-state index is -4.96. The highest BCUT2D eigenvalue weighted by Gasteiger charge is 2.46. The summed E-state index contributed by atoms with van der Waals surface area (Å²) in [6, 6.07) is 0.919. The minimum absolute atomic E-state index is 0.0962. The number of carbonyl (C=O) groups is 1. The highest BCUT2D eigenvalue weighted by Crippen LogP contribution is 2.45. The SMILES string of the molecule is C#Cc1cc(N)c(F)c(C2Cc3nc(OCC45CCCN4CCC5)nc(N4CCCn5nc(C(=O)N(C)C)c(C)c5C4)c3CO2)c1C(F)(F)F.C=C(F)F. The molecular weight excluding hydrogens is 718 g/mol. The lowest BCUT2D eigenvalue weighted by Crippen LogP contribution is -2.43. The van der Waals surface area contributed by atoms with Crippen LogP contribution in [0, 0.1) is 25.1 Å². The van der Waals surface area contributed by atoms with Crippen molar-refractivity contribution in [3.8, 4) is 18.4 Å². The minimum Gasteiger partial charge on any atom is -0.461 e. The fourth-order valence-corrected chi connectivity index (χ4v) is 8.06. The van der Waals surface area contributed by atoms with Crippen molar-refractivity contribution in [2.24, 2.45) is 0 Å². The highest BCUT2D eigenvalue weighted by molar-refractivity contribution is 5.93. The average Bonchev–Trinajstić information content (AvgIpc) is 3.73. The van der Waals surface area contributed by atoms with Crippen molar-refractivity contribution in [1.82, 2.24) is 29.5 Å². The fourth-order valence-electron chi connectivity index (χ4n) is 8.06. The van der Waals surface area contributed by atoms with E-state index in [-0.39, 0.29) is 30.5 Å². The molecule has 2 aromatic heterocycles. The van der Waals surface area contributed by atoms with E-state index in [0.29, 0.717) is 55.4 Å². The molecule has 2 N–H and O–H groups in total. The first-order valence-electron chi connectivity index (χ1n) is 17.6. The second-order valence-corrected chi connectivity index (χ2v) is 14.2. The van der Waals surface area contributed by atoms with Crippen LogP contribution in [0.5, 0.6) is 6.01 Å². The van der Waals surface area contributed by atoms with E-state index in [1.54, 1.807) is 14.1 Å². The first kappa shape index (κ1) is 38.9. The number of nitrogens with two attached hydrogens (primary N) is 1. The van der Waals surface area contributed by atoms with Crippen LogP contribution in [-0.2, 0) is 37.0 Å². The number of benzene rings is 1. The summed E-state index contributed by atoms with van der Waals surface area (Å²) in [5.41, 5.74) is 5.58. The maximum Gasteiger partial charge on any atom is 0.418 e. The first-order chi connectivity index (χ1) is 25.5. The van der Waals surface area contributed by atoms with E-state index in [2.05, 4.69) is 16.6 Å². The molecule has 54 heavy (non-hydrogen) atoms. The number of nitrogens with zero attached hydrogens (tertiary/aromatic N) is 7. The first-order valence-corrected chi connectivity index (χ1v) is 17.6. The molecule has 1 aromatic carbocycles. The zero-order valence-electron chi connectivity index (χ0n) is 30.3. The molecule has 0 aliphatic carbocycles. The summed E-state index contributed by atoms with van der Waals surface area (Å²) in [7, 11) is 3.36. The van der Waals surface area contributed by atoms with Gasteiger partial charge in [-0.3, -0.25) is 14.4 Å². The number of alkyl halides is 3. The zero-order valence-corrected chi connectivity index (χ0v) is 30.3. The largest absolute Gasteiger partial charge is 0.461 e. The van der Waals surface area contributed by atoms with E-state index in [0.717, 1.165) is 56.1 Å². The maximum absolute atomic E-state index is 15.6. The third kappa shape index (κ3) is 7.45. The van der Waals surface area contributed by atoms with Crippen LogP contribution in [0.4, 0.5) is 37.8 Å². The third-order valence-electron chi connectivity index (χ3n) is 10.6. The van der Waals surface area contributed by atoms with Crippen LogP contribution in [0.3, 0.4) is 0 Å². The van der Waals surface area contributed by atoms with E-state index in [1.807, 2.05) is 22.4 Å². The average molecular weight is 761 g/mol. The van der Waals surface area contributed by atoms with Crippen LogP contribution in [0.1, 0.15) is 87.9 Å². The Labute approximate surface area is 309 Å². The molecule has 7 rings (SSSR count). The number of nitrogen functional groups attached to an aromatic ring is 1. The number of aromatic nitrogens is 4. The molecule has 4 aliphatic heterocycles. The number of aryl methyl sites for hydroxylation is 1. The molecule has 1 atom stereocenters. The van der Waals surface area contributed by atoms with Crippen LogP contribution in [0.2, 0.25) is 0 Å². The normalized spacial score (nSPS) is 19.1. The van der Waals surface area contributed by atoms with Crippen LogP contribution < -0.4 is 15.4 Å². The smallest absolute Gasteiger partial charge is 0.418 e. The lowest BCUT2D eigenvalue weighted by Gasteiger charge is -2.33. The van der Waals surface area contributed by atoms with Crippen molar-refractivity contribution >= 4 is 17.4 Å². The van der Waals surface area contributed by atoms with E-state index in [4.69, 9.17) is 31.6 Å². The number of anilines is 2. The zero-order chi connectivity index (χ0) is 39.1. The second-order valence-electron chi connectivity index (χ2n) is 14.2. The molecule has 290 valence electrons. The topological polar surface area (TPSA) is 115 Å². The van der Waals surface area contributed by atoms with Crippen molar-refractivity contribution in [2.75, 3.05) is 51.0 Å². The highest BCUT2D eigenvalue weighted by atomic mass is 19.4. The van der Waals surface area contributed by atoms with Crippen molar-refractivity contribution in [3.05, 3.63) is 69.4 Å². The van der Waals surface area contributed by atoms with E-state index in [1.165, 1.54) is 4.90 Å². The Bertz CT molecular complexity index is 1980. The van der Waals surface area contributed by atoms with Crippen molar-refractivity contribution in [2.45, 2.75) is 83.0 Å². The monoisotopic (exact) mass is 760 g/mol.